The molecular weight excluding hydrogens is 231 g/mol. The van der Waals surface area contributed by atoms with Crippen molar-refractivity contribution >= 4 is 23.5 Å². The van der Waals surface area contributed by atoms with Gasteiger partial charge in [0.05, 0.1) is 11.5 Å². The van der Waals surface area contributed by atoms with Crippen molar-refractivity contribution in [3.63, 3.8) is 0 Å². The Morgan fingerprint density at radius 2 is 2.06 bits per heavy atom. The standard InChI is InChI=1S/C11H11FO3S/c1-7-2-3-8(12)4-9(7)10(13)5-16-6-11(14)15/h2-4H,5-6H2,1H3,(H,14,15). The first-order valence-corrected chi connectivity index (χ1v) is 5.75. The molecule has 1 N–H and O–H groups in total. The van der Waals surface area contributed by atoms with Crippen LogP contribution in [0.4, 0.5) is 4.39 Å². The van der Waals surface area contributed by atoms with Crippen molar-refractivity contribution in [2.75, 3.05) is 11.5 Å². The average molecular weight is 242 g/mol. The van der Waals surface area contributed by atoms with Gasteiger partial charge in [0.2, 0.25) is 0 Å². The molecule has 0 heterocycles. The van der Waals surface area contributed by atoms with Gasteiger partial charge in [0.15, 0.2) is 5.78 Å². The monoisotopic (exact) mass is 242 g/mol. The predicted molar refractivity (Wildman–Crippen MR) is 60.4 cm³/mol. The first kappa shape index (κ1) is 12.7. The second-order valence-electron chi connectivity index (χ2n) is 3.27. The maximum Gasteiger partial charge on any atom is 0.313 e. The number of thioether (sulfide) groups is 1. The third-order valence-electron chi connectivity index (χ3n) is 1.96. The van der Waals surface area contributed by atoms with Gasteiger partial charge in [-0.25, -0.2) is 4.39 Å². The van der Waals surface area contributed by atoms with Gasteiger partial charge in [-0.05, 0) is 24.6 Å². The highest BCUT2D eigenvalue weighted by molar-refractivity contribution is 8.00. The van der Waals surface area contributed by atoms with Crippen LogP contribution in [0, 0.1) is 12.7 Å². The number of ketones is 1. The summed E-state index contributed by atoms with van der Waals surface area (Å²) in [5.41, 5.74) is 1.01. The number of aryl methyl sites for hydroxylation is 1. The number of aliphatic carboxylic acids is 1. The molecule has 0 aliphatic heterocycles. The van der Waals surface area contributed by atoms with E-state index in [1.807, 2.05) is 0 Å². The molecule has 0 saturated carbocycles. The topological polar surface area (TPSA) is 54.4 Å². The van der Waals surface area contributed by atoms with Gasteiger partial charge >= 0.3 is 5.97 Å². The van der Waals surface area contributed by atoms with Crippen molar-refractivity contribution in [2.45, 2.75) is 6.92 Å². The van der Waals surface area contributed by atoms with Crippen molar-refractivity contribution in [1.82, 2.24) is 0 Å². The average Bonchev–Trinajstić information content (AvgIpc) is 2.21. The molecule has 0 amide bonds. The Bertz CT molecular complexity index is 418. The first-order chi connectivity index (χ1) is 7.50. The zero-order valence-electron chi connectivity index (χ0n) is 8.70. The van der Waals surface area contributed by atoms with Gasteiger partial charge in [0, 0.05) is 5.56 Å². The summed E-state index contributed by atoms with van der Waals surface area (Å²) >= 11 is 1.01. The number of carboxylic acid groups (broad SMARTS) is 1. The van der Waals surface area contributed by atoms with Crippen molar-refractivity contribution < 1.29 is 19.1 Å². The fourth-order valence-corrected chi connectivity index (χ4v) is 1.82. The van der Waals surface area contributed by atoms with Gasteiger partial charge in [0.25, 0.3) is 0 Å². The highest BCUT2D eigenvalue weighted by atomic mass is 32.2. The van der Waals surface area contributed by atoms with Crippen LogP contribution in [0.15, 0.2) is 18.2 Å². The highest BCUT2D eigenvalue weighted by Gasteiger charge is 2.11. The molecular formula is C11H11FO3S. The minimum Gasteiger partial charge on any atom is -0.481 e. The molecule has 1 rings (SSSR count). The Morgan fingerprint density at radius 1 is 1.38 bits per heavy atom. The van der Waals surface area contributed by atoms with E-state index in [0.717, 1.165) is 11.8 Å². The number of halogens is 1. The SMILES string of the molecule is Cc1ccc(F)cc1C(=O)CSCC(=O)O. The number of hydrogen-bond donors (Lipinski definition) is 1. The Balaban J connectivity index is 2.65. The van der Waals surface area contributed by atoms with E-state index in [4.69, 9.17) is 5.11 Å². The third kappa shape index (κ3) is 3.66. The van der Waals surface area contributed by atoms with Crippen LogP contribution in [0.25, 0.3) is 0 Å². The van der Waals surface area contributed by atoms with E-state index in [1.54, 1.807) is 6.92 Å². The zero-order chi connectivity index (χ0) is 12.1. The highest BCUT2D eigenvalue weighted by Crippen LogP contribution is 2.13. The molecule has 0 atom stereocenters. The molecule has 0 radical (unpaired) electrons. The van der Waals surface area contributed by atoms with E-state index >= 15 is 0 Å². The van der Waals surface area contributed by atoms with E-state index in [9.17, 15) is 14.0 Å². The second-order valence-corrected chi connectivity index (χ2v) is 4.25. The second kappa shape index (κ2) is 5.65. The van der Waals surface area contributed by atoms with Crippen LogP contribution < -0.4 is 0 Å². The summed E-state index contributed by atoms with van der Waals surface area (Å²) in [4.78, 5) is 21.9. The number of Topliss-reactive ketones (excluding diaryl/α,β-unsaturated/α-hetero) is 1. The quantitative estimate of drug-likeness (QED) is 0.804. The van der Waals surface area contributed by atoms with Crippen molar-refractivity contribution in [1.29, 1.82) is 0 Å². The Kier molecular flexibility index (Phi) is 4.49. The number of rotatable bonds is 5. The lowest BCUT2D eigenvalue weighted by atomic mass is 10.1. The van der Waals surface area contributed by atoms with Gasteiger partial charge in [-0.2, -0.15) is 0 Å². The van der Waals surface area contributed by atoms with Crippen LogP contribution >= 0.6 is 11.8 Å². The molecule has 0 bridgehead atoms. The molecule has 0 unspecified atom stereocenters. The molecule has 5 heteroatoms. The van der Waals surface area contributed by atoms with Gasteiger partial charge in [0.1, 0.15) is 5.82 Å². The lowest BCUT2D eigenvalue weighted by Crippen LogP contribution is -2.08. The molecule has 0 aromatic heterocycles. The molecule has 16 heavy (non-hydrogen) atoms. The number of benzene rings is 1. The molecule has 0 spiro atoms. The number of carboxylic acids is 1. The Hall–Kier alpha value is -1.36. The van der Waals surface area contributed by atoms with Gasteiger partial charge < -0.3 is 5.11 Å². The molecule has 1 aromatic carbocycles. The molecule has 86 valence electrons. The van der Waals surface area contributed by atoms with Crippen LogP contribution in [0.5, 0.6) is 0 Å². The van der Waals surface area contributed by atoms with Crippen LogP contribution in [0.1, 0.15) is 15.9 Å². The molecule has 0 saturated heterocycles. The summed E-state index contributed by atoms with van der Waals surface area (Å²) in [6.07, 6.45) is 0. The zero-order valence-corrected chi connectivity index (χ0v) is 9.51. The number of carbonyl (C=O) groups is 2. The molecule has 0 fully saturated rings. The molecule has 0 aliphatic rings. The fraction of sp³-hybridized carbons (Fsp3) is 0.273. The van der Waals surface area contributed by atoms with Gasteiger partial charge in [-0.1, -0.05) is 6.07 Å². The third-order valence-corrected chi connectivity index (χ3v) is 2.88. The van der Waals surface area contributed by atoms with Crippen LogP contribution in [-0.4, -0.2) is 28.4 Å². The summed E-state index contributed by atoms with van der Waals surface area (Å²) in [5.74, 6) is -1.74. The minimum absolute atomic E-state index is 0.0522. The summed E-state index contributed by atoms with van der Waals surface area (Å²) < 4.78 is 12.9. The summed E-state index contributed by atoms with van der Waals surface area (Å²) in [6.45, 7) is 1.72. The van der Waals surface area contributed by atoms with E-state index in [-0.39, 0.29) is 17.3 Å². The van der Waals surface area contributed by atoms with E-state index in [0.29, 0.717) is 11.1 Å². The molecule has 1 aromatic rings. The van der Waals surface area contributed by atoms with Crippen molar-refractivity contribution in [2.24, 2.45) is 0 Å². The summed E-state index contributed by atoms with van der Waals surface area (Å²) in [7, 11) is 0. The van der Waals surface area contributed by atoms with Crippen LogP contribution in [0.3, 0.4) is 0 Å². The summed E-state index contributed by atoms with van der Waals surface area (Å²) in [5, 5.41) is 8.40. The van der Waals surface area contributed by atoms with Crippen LogP contribution in [0.2, 0.25) is 0 Å². The fourth-order valence-electron chi connectivity index (χ4n) is 1.20. The number of hydrogen-bond acceptors (Lipinski definition) is 3. The molecule has 0 aliphatic carbocycles. The molecule has 3 nitrogen and oxygen atoms in total. The normalized spacial score (nSPS) is 10.1. The van der Waals surface area contributed by atoms with E-state index < -0.39 is 11.8 Å². The van der Waals surface area contributed by atoms with Gasteiger partial charge in [-0.3, -0.25) is 9.59 Å². The Labute approximate surface area is 96.7 Å². The summed E-state index contributed by atoms with van der Waals surface area (Å²) in [6, 6.07) is 4.00. The maximum atomic E-state index is 12.9. The maximum absolute atomic E-state index is 12.9. The van der Waals surface area contributed by atoms with Gasteiger partial charge in [-0.15, -0.1) is 11.8 Å². The van der Waals surface area contributed by atoms with Crippen LogP contribution in [-0.2, 0) is 4.79 Å². The minimum atomic E-state index is -0.964. The number of carbonyl (C=O) groups excluding carboxylic acids is 1. The lowest BCUT2D eigenvalue weighted by molar-refractivity contribution is -0.133. The largest absolute Gasteiger partial charge is 0.481 e. The predicted octanol–water partition coefficient (Wildman–Crippen LogP) is 2.13. The lowest BCUT2D eigenvalue weighted by Gasteiger charge is -2.04. The Morgan fingerprint density at radius 3 is 2.69 bits per heavy atom. The van der Waals surface area contributed by atoms with E-state index in [1.165, 1.54) is 18.2 Å². The van der Waals surface area contributed by atoms with E-state index in [2.05, 4.69) is 0 Å². The van der Waals surface area contributed by atoms with Crippen molar-refractivity contribution in [3.05, 3.63) is 35.1 Å². The smallest absolute Gasteiger partial charge is 0.313 e. The van der Waals surface area contributed by atoms with Crippen molar-refractivity contribution in [3.8, 4) is 0 Å². The first-order valence-electron chi connectivity index (χ1n) is 4.59.